The molecule has 3 aliphatic rings. The zero-order valence-corrected chi connectivity index (χ0v) is 21.5. The molecular formula is C26H34F3N5O3. The predicted octanol–water partition coefficient (Wildman–Crippen LogP) is 2.94. The number of anilines is 2. The number of fused-ring (bicyclic) bond motifs is 3. The summed E-state index contributed by atoms with van der Waals surface area (Å²) >= 11 is 0. The molecule has 11 heteroatoms. The van der Waals surface area contributed by atoms with Gasteiger partial charge >= 0.3 is 6.18 Å². The minimum atomic E-state index is -4.55. The molecule has 5 rings (SSSR count). The number of likely N-dealkylation sites (N-methyl/N-ethyl adjacent to an activating group) is 1. The molecule has 1 aromatic heterocycles. The van der Waals surface area contributed by atoms with E-state index in [1.807, 2.05) is 48.2 Å². The molecule has 2 aromatic rings. The molecule has 2 saturated heterocycles. The standard InChI is InChI=1S/C26H34F3N5O3/c1-25(26(27,28)29)17-33-23(35)14-22(32-15-20-8-9-21(16-32)37-20)30-24(33)34(25)11-10-18-4-6-19(7-5-18)36-13-12-31(2)3/h4-7,14,20-21H,8-13,15-17H2,1-3H3/t20-,21?,25?/m0/s1. The molecule has 0 N–H and O–H groups in total. The van der Waals surface area contributed by atoms with Crippen LogP contribution in [0.15, 0.2) is 35.1 Å². The Hall–Kier alpha value is -2.79. The average Bonchev–Trinajstić information content (AvgIpc) is 3.34. The Morgan fingerprint density at radius 3 is 2.46 bits per heavy atom. The van der Waals surface area contributed by atoms with E-state index in [4.69, 9.17) is 9.47 Å². The summed E-state index contributed by atoms with van der Waals surface area (Å²) in [6, 6.07) is 8.77. The topological polar surface area (TPSA) is 63.1 Å². The van der Waals surface area contributed by atoms with E-state index in [0.717, 1.165) is 42.2 Å². The van der Waals surface area contributed by atoms with E-state index < -0.39 is 23.8 Å². The lowest BCUT2D eigenvalue weighted by Crippen LogP contribution is -2.56. The van der Waals surface area contributed by atoms with Crippen molar-refractivity contribution < 1.29 is 22.6 Å². The fraction of sp³-hybridized carbons (Fsp3) is 0.615. The van der Waals surface area contributed by atoms with Gasteiger partial charge in [-0.25, -0.2) is 0 Å². The molecule has 2 fully saturated rings. The van der Waals surface area contributed by atoms with Gasteiger partial charge in [0.2, 0.25) is 5.95 Å². The van der Waals surface area contributed by atoms with Crippen molar-refractivity contribution in [3.63, 3.8) is 0 Å². The highest BCUT2D eigenvalue weighted by Gasteiger charge is 2.59. The maximum Gasteiger partial charge on any atom is 0.413 e. The third-order valence-corrected chi connectivity index (χ3v) is 7.61. The van der Waals surface area contributed by atoms with Gasteiger partial charge < -0.3 is 24.2 Å². The fourth-order valence-electron chi connectivity index (χ4n) is 5.34. The van der Waals surface area contributed by atoms with Gasteiger partial charge in [0, 0.05) is 32.2 Å². The Morgan fingerprint density at radius 2 is 1.84 bits per heavy atom. The third kappa shape index (κ3) is 5.16. The van der Waals surface area contributed by atoms with Gasteiger partial charge in [-0.05, 0) is 58.0 Å². The molecule has 0 radical (unpaired) electrons. The first-order valence-electron chi connectivity index (χ1n) is 12.8. The molecule has 0 spiro atoms. The molecule has 8 nitrogen and oxygen atoms in total. The monoisotopic (exact) mass is 521 g/mol. The van der Waals surface area contributed by atoms with Gasteiger partial charge in [-0.15, -0.1) is 0 Å². The summed E-state index contributed by atoms with van der Waals surface area (Å²) in [5.74, 6) is 1.21. The summed E-state index contributed by atoms with van der Waals surface area (Å²) in [6.07, 6.45) is -2.14. The molecule has 4 heterocycles. The summed E-state index contributed by atoms with van der Waals surface area (Å²) in [5, 5.41) is 0. The van der Waals surface area contributed by atoms with E-state index in [1.165, 1.54) is 11.0 Å². The van der Waals surface area contributed by atoms with Crippen LogP contribution in [0.4, 0.5) is 24.9 Å². The minimum Gasteiger partial charge on any atom is -0.492 e. The third-order valence-electron chi connectivity index (χ3n) is 7.61. The fourth-order valence-corrected chi connectivity index (χ4v) is 5.34. The van der Waals surface area contributed by atoms with Crippen molar-refractivity contribution in [2.45, 2.75) is 56.7 Å². The zero-order chi connectivity index (χ0) is 26.4. The minimum absolute atomic E-state index is 0.0705. The Kier molecular flexibility index (Phi) is 6.86. The van der Waals surface area contributed by atoms with E-state index in [2.05, 4.69) is 4.98 Å². The first-order chi connectivity index (χ1) is 17.5. The van der Waals surface area contributed by atoms with E-state index in [9.17, 15) is 18.0 Å². The predicted molar refractivity (Wildman–Crippen MR) is 135 cm³/mol. The number of nitrogens with zero attached hydrogens (tertiary/aromatic N) is 5. The van der Waals surface area contributed by atoms with Crippen molar-refractivity contribution >= 4 is 11.8 Å². The highest BCUT2D eigenvalue weighted by Crippen LogP contribution is 2.43. The number of alkyl halides is 3. The second-order valence-corrected chi connectivity index (χ2v) is 10.7. The van der Waals surface area contributed by atoms with Crippen molar-refractivity contribution in [2.75, 3.05) is 56.7 Å². The molecule has 2 bridgehead atoms. The second-order valence-electron chi connectivity index (χ2n) is 10.7. The Labute approximate surface area is 214 Å². The van der Waals surface area contributed by atoms with Crippen molar-refractivity contribution in [1.29, 1.82) is 0 Å². The highest BCUT2D eigenvalue weighted by atomic mass is 19.4. The number of morpholine rings is 1. The number of ether oxygens (including phenoxy) is 2. The molecular weight excluding hydrogens is 487 g/mol. The molecule has 0 aliphatic carbocycles. The maximum atomic E-state index is 14.4. The average molecular weight is 522 g/mol. The van der Waals surface area contributed by atoms with Crippen molar-refractivity contribution in [1.82, 2.24) is 14.5 Å². The number of benzene rings is 1. The maximum absolute atomic E-state index is 14.4. The van der Waals surface area contributed by atoms with Crippen LogP contribution in [0.1, 0.15) is 25.3 Å². The number of hydrogen-bond donors (Lipinski definition) is 0. The molecule has 1 aromatic carbocycles. The van der Waals surface area contributed by atoms with Gasteiger partial charge in [0.25, 0.3) is 5.56 Å². The summed E-state index contributed by atoms with van der Waals surface area (Å²) in [4.78, 5) is 22.9. The number of rotatable bonds is 8. The zero-order valence-electron chi connectivity index (χ0n) is 21.5. The molecule has 0 amide bonds. The van der Waals surface area contributed by atoms with E-state index in [0.29, 0.717) is 31.9 Å². The van der Waals surface area contributed by atoms with Crippen LogP contribution in [-0.2, 0) is 17.7 Å². The Bertz CT molecular complexity index is 1160. The van der Waals surface area contributed by atoms with Crippen LogP contribution in [0, 0.1) is 0 Å². The summed E-state index contributed by atoms with van der Waals surface area (Å²) in [7, 11) is 3.93. The summed E-state index contributed by atoms with van der Waals surface area (Å²) in [6.45, 7) is 3.25. The lowest BCUT2D eigenvalue weighted by Gasteiger charge is -2.37. The van der Waals surface area contributed by atoms with Crippen molar-refractivity contribution in [2.24, 2.45) is 0 Å². The number of aromatic nitrogens is 2. The van der Waals surface area contributed by atoms with E-state index in [1.54, 1.807) is 0 Å². The molecule has 0 saturated carbocycles. The largest absolute Gasteiger partial charge is 0.492 e. The van der Waals surface area contributed by atoms with Crippen molar-refractivity contribution in [3.8, 4) is 5.75 Å². The SMILES string of the molecule is CN(C)CCOc1ccc(CCN2c3nc(N4CC5CC[C@@H](C4)O5)cc(=O)n3CC2(C)C(F)(F)F)cc1. The lowest BCUT2D eigenvalue weighted by molar-refractivity contribution is -0.182. The molecule has 2 unspecified atom stereocenters. The van der Waals surface area contributed by atoms with Gasteiger partial charge in [0.05, 0.1) is 18.8 Å². The van der Waals surface area contributed by atoms with Crippen LogP contribution in [0.3, 0.4) is 0 Å². The first-order valence-corrected chi connectivity index (χ1v) is 12.8. The summed E-state index contributed by atoms with van der Waals surface area (Å²) < 4.78 is 55.9. The van der Waals surface area contributed by atoms with Crippen LogP contribution in [-0.4, -0.2) is 85.3 Å². The number of halogens is 3. The number of hydrogen-bond acceptors (Lipinski definition) is 7. The van der Waals surface area contributed by atoms with Gasteiger partial charge in [-0.2, -0.15) is 18.2 Å². The quantitative estimate of drug-likeness (QED) is 0.530. The normalized spacial score (nSPS) is 25.2. The Balaban J connectivity index is 1.37. The molecule has 3 aliphatic heterocycles. The first kappa shape index (κ1) is 25.8. The molecule has 3 atom stereocenters. The molecule has 37 heavy (non-hydrogen) atoms. The van der Waals surface area contributed by atoms with Crippen LogP contribution in [0.5, 0.6) is 5.75 Å². The van der Waals surface area contributed by atoms with Crippen molar-refractivity contribution in [3.05, 3.63) is 46.2 Å². The smallest absolute Gasteiger partial charge is 0.413 e. The second kappa shape index (κ2) is 9.83. The lowest BCUT2D eigenvalue weighted by atomic mass is 10.00. The van der Waals surface area contributed by atoms with Gasteiger partial charge in [-0.1, -0.05) is 12.1 Å². The van der Waals surface area contributed by atoms with Crippen LogP contribution in [0.25, 0.3) is 0 Å². The van der Waals surface area contributed by atoms with Crippen LogP contribution < -0.4 is 20.1 Å². The highest BCUT2D eigenvalue weighted by molar-refractivity contribution is 5.50. The molecule has 202 valence electrons. The van der Waals surface area contributed by atoms with Gasteiger partial charge in [-0.3, -0.25) is 9.36 Å². The summed E-state index contributed by atoms with van der Waals surface area (Å²) in [5.41, 5.74) is -1.81. The van der Waals surface area contributed by atoms with E-state index in [-0.39, 0.29) is 24.7 Å². The Morgan fingerprint density at radius 1 is 1.16 bits per heavy atom. The van der Waals surface area contributed by atoms with Gasteiger partial charge in [0.15, 0.2) is 5.54 Å². The van der Waals surface area contributed by atoms with Crippen LogP contribution >= 0.6 is 0 Å². The van der Waals surface area contributed by atoms with Gasteiger partial charge in [0.1, 0.15) is 18.2 Å². The van der Waals surface area contributed by atoms with Crippen LogP contribution in [0.2, 0.25) is 0 Å². The van der Waals surface area contributed by atoms with E-state index >= 15 is 0 Å².